The molecule has 26 heavy (non-hydrogen) atoms. The number of allylic oxidation sites excluding steroid dienone is 5. The normalized spacial score (nSPS) is 25.3. The summed E-state index contributed by atoms with van der Waals surface area (Å²) < 4.78 is 5.44. The molecule has 1 aliphatic heterocycles. The van der Waals surface area contributed by atoms with Crippen LogP contribution in [-0.4, -0.2) is 22.3 Å². The zero-order valence-electron chi connectivity index (χ0n) is 16.1. The van der Waals surface area contributed by atoms with Gasteiger partial charge in [0.1, 0.15) is 11.4 Å². The fourth-order valence-corrected chi connectivity index (χ4v) is 3.39. The molecule has 0 aromatic rings. The maximum absolute atomic E-state index is 12.4. The second-order valence-corrected chi connectivity index (χ2v) is 7.39. The second-order valence-electron chi connectivity index (χ2n) is 7.39. The van der Waals surface area contributed by atoms with Gasteiger partial charge in [-0.15, -0.1) is 0 Å². The minimum atomic E-state index is -1.60. The van der Waals surface area contributed by atoms with Crippen LogP contribution >= 0.6 is 0 Å². The zero-order valence-corrected chi connectivity index (χ0v) is 16.1. The molecule has 4 heteroatoms. The summed E-state index contributed by atoms with van der Waals surface area (Å²) in [4.78, 5) is 24.7. The molecule has 2 atom stereocenters. The van der Waals surface area contributed by atoms with Crippen LogP contribution in [0.15, 0.2) is 47.5 Å². The molecule has 2 aliphatic rings. The first-order valence-corrected chi connectivity index (χ1v) is 9.59. The van der Waals surface area contributed by atoms with Crippen LogP contribution in [0.1, 0.15) is 65.7 Å². The topological polar surface area (TPSA) is 63.6 Å². The zero-order chi connectivity index (χ0) is 19.2. The van der Waals surface area contributed by atoms with Crippen LogP contribution in [0.3, 0.4) is 0 Å². The van der Waals surface area contributed by atoms with Gasteiger partial charge in [-0.05, 0) is 50.5 Å². The minimum absolute atomic E-state index is 0.0786. The van der Waals surface area contributed by atoms with Crippen molar-refractivity contribution in [2.24, 2.45) is 5.92 Å². The Morgan fingerprint density at radius 1 is 1.27 bits per heavy atom. The molecule has 1 aliphatic carbocycles. The lowest BCUT2D eigenvalue weighted by Crippen LogP contribution is -2.47. The minimum Gasteiger partial charge on any atom is -0.469 e. The molecule has 2 unspecified atom stereocenters. The molecule has 0 saturated carbocycles. The lowest BCUT2D eigenvalue weighted by Gasteiger charge is -2.37. The van der Waals surface area contributed by atoms with E-state index < -0.39 is 11.5 Å². The van der Waals surface area contributed by atoms with Crippen LogP contribution in [0.25, 0.3) is 0 Å². The highest BCUT2D eigenvalue weighted by atomic mass is 16.5. The van der Waals surface area contributed by atoms with E-state index in [-0.39, 0.29) is 18.0 Å². The first kappa shape index (κ1) is 20.4. The highest BCUT2D eigenvalue weighted by Crippen LogP contribution is 2.40. The maximum Gasteiger partial charge on any atom is 0.188 e. The Hall–Kier alpha value is -1.94. The molecule has 0 bridgehead atoms. The van der Waals surface area contributed by atoms with Crippen molar-refractivity contribution in [3.05, 3.63) is 47.5 Å². The van der Waals surface area contributed by atoms with Crippen LogP contribution < -0.4 is 0 Å². The van der Waals surface area contributed by atoms with Gasteiger partial charge in [-0.25, -0.2) is 0 Å². The number of fused-ring (bicyclic) bond motifs is 1. The number of rotatable bonds is 9. The van der Waals surface area contributed by atoms with Gasteiger partial charge in [0, 0.05) is 17.9 Å². The lowest BCUT2D eigenvalue weighted by molar-refractivity contribution is -0.136. The molecule has 0 fully saturated rings. The van der Waals surface area contributed by atoms with Gasteiger partial charge in [-0.3, -0.25) is 9.59 Å². The summed E-state index contributed by atoms with van der Waals surface area (Å²) in [7, 11) is 0. The van der Waals surface area contributed by atoms with Gasteiger partial charge >= 0.3 is 0 Å². The number of hydrogen-bond donors (Lipinski definition) is 1. The summed E-state index contributed by atoms with van der Waals surface area (Å²) in [5, 5.41) is 10.7. The van der Waals surface area contributed by atoms with Crippen molar-refractivity contribution in [3.8, 4) is 0 Å². The Kier molecular flexibility index (Phi) is 7.15. The number of ketones is 2. The average Bonchev–Trinajstić information content (AvgIpc) is 2.58. The number of carbonyl (C=O) groups is 2. The molecular weight excluding hydrogens is 328 g/mol. The molecule has 0 radical (unpaired) electrons. The van der Waals surface area contributed by atoms with Gasteiger partial charge in [0.25, 0.3) is 0 Å². The third-order valence-electron chi connectivity index (χ3n) is 5.09. The van der Waals surface area contributed by atoms with E-state index in [1.165, 1.54) is 38.7 Å². The van der Waals surface area contributed by atoms with Crippen molar-refractivity contribution in [3.63, 3.8) is 0 Å². The SMILES string of the molecule is CCCCCCCC=CC(=O)CC1C2=COC(C)=CC2=CC(=O)C1(C)O. The van der Waals surface area contributed by atoms with Gasteiger partial charge in [0.05, 0.1) is 6.26 Å². The van der Waals surface area contributed by atoms with Crippen LogP contribution in [0.2, 0.25) is 0 Å². The largest absolute Gasteiger partial charge is 0.469 e. The van der Waals surface area contributed by atoms with Gasteiger partial charge in [0.2, 0.25) is 0 Å². The van der Waals surface area contributed by atoms with E-state index >= 15 is 0 Å². The predicted molar refractivity (Wildman–Crippen MR) is 102 cm³/mol. The standard InChI is InChI=1S/C22H30O4/c1-4-5-6-7-8-9-10-11-18(23)14-20-19-15-26-16(2)12-17(19)13-21(24)22(20,3)25/h10-13,15,20,25H,4-9,14H2,1-3H3. The van der Waals surface area contributed by atoms with Crippen LogP contribution in [0, 0.1) is 5.92 Å². The first-order chi connectivity index (χ1) is 12.4. The van der Waals surface area contributed by atoms with Crippen molar-refractivity contribution < 1.29 is 19.4 Å². The molecule has 2 rings (SSSR count). The van der Waals surface area contributed by atoms with Gasteiger partial charge in [-0.1, -0.05) is 38.7 Å². The van der Waals surface area contributed by atoms with Crippen LogP contribution in [0.4, 0.5) is 0 Å². The van der Waals surface area contributed by atoms with Crippen LogP contribution in [-0.2, 0) is 14.3 Å². The molecule has 0 amide bonds. The Labute approximate surface area is 156 Å². The number of carbonyl (C=O) groups excluding carboxylic acids is 2. The lowest BCUT2D eigenvalue weighted by atomic mass is 9.70. The number of unbranched alkanes of at least 4 members (excludes halogenated alkanes) is 5. The quantitative estimate of drug-likeness (QED) is 0.485. The number of hydrogen-bond acceptors (Lipinski definition) is 4. The van der Waals surface area contributed by atoms with E-state index in [1.54, 1.807) is 25.3 Å². The van der Waals surface area contributed by atoms with E-state index in [1.807, 2.05) is 6.08 Å². The first-order valence-electron chi connectivity index (χ1n) is 9.59. The average molecular weight is 358 g/mol. The molecule has 1 N–H and O–H groups in total. The molecule has 0 saturated heterocycles. The Balaban J connectivity index is 1.97. The third-order valence-corrected chi connectivity index (χ3v) is 5.09. The Bertz CT molecular complexity index is 662. The predicted octanol–water partition coefficient (Wildman–Crippen LogP) is 4.56. The van der Waals surface area contributed by atoms with E-state index in [0.717, 1.165) is 18.4 Å². The van der Waals surface area contributed by atoms with E-state index in [4.69, 9.17) is 4.74 Å². The molecular formula is C22H30O4. The van der Waals surface area contributed by atoms with E-state index in [0.29, 0.717) is 11.3 Å². The summed E-state index contributed by atoms with van der Waals surface area (Å²) in [5.74, 6) is -0.359. The van der Waals surface area contributed by atoms with Gasteiger partial charge in [-0.2, -0.15) is 0 Å². The van der Waals surface area contributed by atoms with Gasteiger partial charge < -0.3 is 9.84 Å². The number of aliphatic hydroxyl groups is 1. The Morgan fingerprint density at radius 2 is 2.00 bits per heavy atom. The molecule has 0 spiro atoms. The highest BCUT2D eigenvalue weighted by molar-refractivity contribution is 6.02. The second kappa shape index (κ2) is 9.13. The van der Waals surface area contributed by atoms with Crippen molar-refractivity contribution in [2.45, 2.75) is 71.3 Å². The fraction of sp³-hybridized carbons (Fsp3) is 0.545. The monoisotopic (exact) mass is 358 g/mol. The molecule has 1 heterocycles. The summed E-state index contributed by atoms with van der Waals surface area (Å²) in [6.07, 6.45) is 15.2. The molecule has 142 valence electrons. The Morgan fingerprint density at radius 3 is 2.73 bits per heavy atom. The highest BCUT2D eigenvalue weighted by Gasteiger charge is 2.45. The van der Waals surface area contributed by atoms with Gasteiger partial charge in [0.15, 0.2) is 11.6 Å². The smallest absolute Gasteiger partial charge is 0.188 e. The summed E-state index contributed by atoms with van der Waals surface area (Å²) in [5.41, 5.74) is -0.161. The van der Waals surface area contributed by atoms with E-state index in [2.05, 4.69) is 6.92 Å². The fourth-order valence-electron chi connectivity index (χ4n) is 3.39. The maximum atomic E-state index is 12.4. The third kappa shape index (κ3) is 5.04. The van der Waals surface area contributed by atoms with Crippen molar-refractivity contribution in [1.29, 1.82) is 0 Å². The van der Waals surface area contributed by atoms with Crippen molar-refractivity contribution in [2.75, 3.05) is 0 Å². The molecule has 0 aromatic carbocycles. The summed E-state index contributed by atoms with van der Waals surface area (Å²) in [6, 6.07) is 0. The summed E-state index contributed by atoms with van der Waals surface area (Å²) >= 11 is 0. The van der Waals surface area contributed by atoms with E-state index in [9.17, 15) is 14.7 Å². The van der Waals surface area contributed by atoms with Crippen molar-refractivity contribution >= 4 is 11.6 Å². The number of ether oxygens (including phenoxy) is 1. The summed E-state index contributed by atoms with van der Waals surface area (Å²) in [6.45, 7) is 5.47. The van der Waals surface area contributed by atoms with Crippen molar-refractivity contribution in [1.82, 2.24) is 0 Å². The molecule has 0 aromatic heterocycles. The van der Waals surface area contributed by atoms with Crippen LogP contribution in [0.5, 0.6) is 0 Å². The molecule has 4 nitrogen and oxygen atoms in total.